The molecule has 4 rings (SSSR count). The third-order valence-corrected chi connectivity index (χ3v) is 6.15. The minimum atomic E-state index is -0.866. The highest BCUT2D eigenvalue weighted by Gasteiger charge is 2.18. The molecule has 10 heteroatoms. The number of benzene rings is 3. The van der Waals surface area contributed by atoms with Gasteiger partial charge in [0.1, 0.15) is 11.6 Å². The van der Waals surface area contributed by atoms with Gasteiger partial charge < -0.3 is 10.1 Å². The van der Waals surface area contributed by atoms with Crippen molar-refractivity contribution >= 4 is 39.3 Å². The lowest BCUT2D eigenvalue weighted by Crippen LogP contribution is -2.16. The molecule has 1 amide bonds. The lowest BCUT2D eigenvalue weighted by Gasteiger charge is -2.11. The van der Waals surface area contributed by atoms with Gasteiger partial charge in [-0.05, 0) is 58.4 Å². The summed E-state index contributed by atoms with van der Waals surface area (Å²) in [5.74, 6) is -0.825. The maximum atomic E-state index is 14.0. The van der Waals surface area contributed by atoms with Gasteiger partial charge >= 0.3 is 0 Å². The zero-order valence-electron chi connectivity index (χ0n) is 17.3. The van der Waals surface area contributed by atoms with Crippen molar-refractivity contribution in [3.63, 3.8) is 0 Å². The number of carbonyl (C=O) groups excluding carboxylic acids is 1. The molecule has 0 saturated heterocycles. The summed E-state index contributed by atoms with van der Waals surface area (Å²) in [4.78, 5) is 12.5. The number of nitrogens with one attached hydrogen (secondary N) is 1. The Morgan fingerprint density at radius 2 is 1.82 bits per heavy atom. The van der Waals surface area contributed by atoms with Gasteiger partial charge in [-0.1, -0.05) is 30.0 Å². The number of hydrogen-bond acceptors (Lipinski definition) is 5. The Morgan fingerprint density at radius 3 is 2.48 bits per heavy atom. The normalized spacial score (nSPS) is 10.8. The summed E-state index contributed by atoms with van der Waals surface area (Å²) in [7, 11) is 1.59. The number of aromatic nitrogens is 3. The summed E-state index contributed by atoms with van der Waals surface area (Å²) in [6.45, 7) is 0. The van der Waals surface area contributed by atoms with Gasteiger partial charge in [0, 0.05) is 21.8 Å². The quantitative estimate of drug-likeness (QED) is 0.310. The van der Waals surface area contributed by atoms with Crippen molar-refractivity contribution in [3.05, 3.63) is 82.8 Å². The van der Waals surface area contributed by atoms with Gasteiger partial charge in [0.25, 0.3) is 0 Å². The average molecular weight is 531 g/mol. The number of methoxy groups -OCH3 is 1. The molecule has 0 spiro atoms. The number of amides is 1. The summed E-state index contributed by atoms with van der Waals surface area (Å²) in [5, 5.41) is 11.6. The van der Waals surface area contributed by atoms with E-state index < -0.39 is 17.5 Å². The number of para-hydroxylation sites is 1. The fraction of sp³-hybridized carbons (Fsp3) is 0.0870. The predicted molar refractivity (Wildman–Crippen MR) is 127 cm³/mol. The smallest absolute Gasteiger partial charge is 0.234 e. The molecular weight excluding hydrogens is 514 g/mol. The van der Waals surface area contributed by atoms with Crippen molar-refractivity contribution in [3.8, 4) is 22.8 Å². The van der Waals surface area contributed by atoms with Crippen molar-refractivity contribution < 1.29 is 18.3 Å². The topological polar surface area (TPSA) is 69.0 Å². The van der Waals surface area contributed by atoms with E-state index in [1.165, 1.54) is 0 Å². The fourth-order valence-electron chi connectivity index (χ4n) is 3.07. The molecular formula is C23H17BrF2N4O2S. The molecule has 1 aromatic heterocycles. The molecule has 0 aliphatic rings. The SMILES string of the molecule is COc1ccc(-c2nnc(SCC(=O)Nc3c(F)cc(F)cc3Br)n2-c2ccccc2)cc1. The zero-order chi connectivity index (χ0) is 23.4. The first-order valence-electron chi connectivity index (χ1n) is 9.68. The first-order valence-corrected chi connectivity index (χ1v) is 11.5. The minimum absolute atomic E-state index is 0.0587. The Kier molecular flexibility index (Phi) is 7.05. The fourth-order valence-corrected chi connectivity index (χ4v) is 4.33. The lowest BCUT2D eigenvalue weighted by atomic mass is 10.2. The number of nitrogens with zero attached hydrogens (tertiary/aromatic N) is 3. The molecule has 0 unspecified atom stereocenters. The largest absolute Gasteiger partial charge is 0.497 e. The van der Waals surface area contributed by atoms with Gasteiger partial charge in [-0.2, -0.15) is 0 Å². The molecule has 6 nitrogen and oxygen atoms in total. The number of hydrogen-bond donors (Lipinski definition) is 1. The molecule has 0 aliphatic carbocycles. The van der Waals surface area contributed by atoms with Crippen LogP contribution >= 0.6 is 27.7 Å². The Labute approximate surface area is 201 Å². The van der Waals surface area contributed by atoms with Gasteiger partial charge in [0.2, 0.25) is 5.91 Å². The van der Waals surface area contributed by atoms with E-state index in [9.17, 15) is 13.6 Å². The van der Waals surface area contributed by atoms with Gasteiger partial charge in [-0.3, -0.25) is 9.36 Å². The number of thioether (sulfide) groups is 1. The van der Waals surface area contributed by atoms with Crippen LogP contribution in [0.5, 0.6) is 5.75 Å². The Balaban J connectivity index is 1.59. The van der Waals surface area contributed by atoms with Crippen molar-refractivity contribution in [2.75, 3.05) is 18.2 Å². The Morgan fingerprint density at radius 1 is 1.09 bits per heavy atom. The summed E-state index contributed by atoms with van der Waals surface area (Å²) in [6, 6.07) is 18.7. The summed E-state index contributed by atoms with van der Waals surface area (Å²) < 4.78 is 34.5. The second kappa shape index (κ2) is 10.1. The molecule has 0 aliphatic heterocycles. The van der Waals surface area contributed by atoms with E-state index >= 15 is 0 Å². The van der Waals surface area contributed by atoms with Crippen LogP contribution < -0.4 is 10.1 Å². The highest BCUT2D eigenvalue weighted by atomic mass is 79.9. The van der Waals surface area contributed by atoms with E-state index in [1.54, 1.807) is 7.11 Å². The van der Waals surface area contributed by atoms with Gasteiger partial charge in [-0.15, -0.1) is 10.2 Å². The van der Waals surface area contributed by atoms with Crippen LogP contribution in [-0.2, 0) is 4.79 Å². The second-order valence-electron chi connectivity index (χ2n) is 6.79. The summed E-state index contributed by atoms with van der Waals surface area (Å²) in [6.07, 6.45) is 0. The maximum absolute atomic E-state index is 14.0. The van der Waals surface area contributed by atoms with Crippen LogP contribution in [0.4, 0.5) is 14.5 Å². The number of ether oxygens (including phenoxy) is 1. The molecule has 0 saturated carbocycles. The van der Waals surface area contributed by atoms with E-state index in [-0.39, 0.29) is 15.9 Å². The van der Waals surface area contributed by atoms with E-state index in [0.29, 0.717) is 17.0 Å². The summed E-state index contributed by atoms with van der Waals surface area (Å²) >= 11 is 4.22. The van der Waals surface area contributed by atoms with Crippen LogP contribution in [0.3, 0.4) is 0 Å². The zero-order valence-corrected chi connectivity index (χ0v) is 19.7. The highest BCUT2D eigenvalue weighted by molar-refractivity contribution is 9.10. The molecule has 3 aromatic carbocycles. The molecule has 168 valence electrons. The van der Waals surface area contributed by atoms with E-state index in [2.05, 4.69) is 31.4 Å². The molecule has 33 heavy (non-hydrogen) atoms. The van der Waals surface area contributed by atoms with Crippen LogP contribution in [0.2, 0.25) is 0 Å². The number of halogens is 3. The molecule has 0 fully saturated rings. The predicted octanol–water partition coefficient (Wildman–Crippen LogP) is 5.71. The van der Waals surface area contributed by atoms with Gasteiger partial charge in [0.15, 0.2) is 16.8 Å². The van der Waals surface area contributed by atoms with Crippen LogP contribution in [0, 0.1) is 11.6 Å². The third-order valence-electron chi connectivity index (χ3n) is 4.60. The molecule has 0 radical (unpaired) electrons. The average Bonchev–Trinajstić information content (AvgIpc) is 3.24. The van der Waals surface area contributed by atoms with Crippen molar-refractivity contribution in [2.24, 2.45) is 0 Å². The standard InChI is InChI=1S/C23H17BrF2N4O2S/c1-32-17-9-7-14(8-10-17)22-28-29-23(30(22)16-5-3-2-4-6-16)33-13-20(31)27-21-18(24)11-15(25)12-19(21)26/h2-12H,13H2,1H3,(H,27,31). The number of carbonyl (C=O) groups is 1. The van der Waals surface area contributed by atoms with Crippen LogP contribution in [0.1, 0.15) is 0 Å². The molecule has 0 atom stereocenters. The van der Waals surface area contributed by atoms with Gasteiger partial charge in [0.05, 0.1) is 18.6 Å². The second-order valence-corrected chi connectivity index (χ2v) is 8.58. The van der Waals surface area contributed by atoms with Crippen molar-refractivity contribution in [1.82, 2.24) is 14.8 Å². The van der Waals surface area contributed by atoms with Crippen molar-refractivity contribution in [2.45, 2.75) is 5.16 Å². The van der Waals surface area contributed by atoms with E-state index in [1.807, 2.05) is 59.2 Å². The summed E-state index contributed by atoms with van der Waals surface area (Å²) in [5.41, 5.74) is 1.52. The van der Waals surface area contributed by atoms with E-state index in [4.69, 9.17) is 4.74 Å². The Hall–Kier alpha value is -3.24. The van der Waals surface area contributed by atoms with Crippen LogP contribution in [0.25, 0.3) is 17.1 Å². The van der Waals surface area contributed by atoms with Crippen LogP contribution in [0.15, 0.2) is 76.4 Å². The molecule has 1 heterocycles. The van der Waals surface area contributed by atoms with Crippen molar-refractivity contribution in [1.29, 1.82) is 0 Å². The van der Waals surface area contributed by atoms with E-state index in [0.717, 1.165) is 34.8 Å². The molecule has 4 aromatic rings. The first-order chi connectivity index (χ1) is 16.0. The Bertz CT molecular complexity index is 1260. The number of anilines is 1. The lowest BCUT2D eigenvalue weighted by molar-refractivity contribution is -0.113. The number of rotatable bonds is 7. The first kappa shape index (κ1) is 22.9. The minimum Gasteiger partial charge on any atom is -0.497 e. The monoisotopic (exact) mass is 530 g/mol. The van der Waals surface area contributed by atoms with Gasteiger partial charge in [-0.25, -0.2) is 8.78 Å². The maximum Gasteiger partial charge on any atom is 0.234 e. The molecule has 0 bridgehead atoms. The third kappa shape index (κ3) is 5.23. The highest BCUT2D eigenvalue weighted by Crippen LogP contribution is 2.30. The molecule has 1 N–H and O–H groups in total. The van der Waals surface area contributed by atoms with Crippen LogP contribution in [-0.4, -0.2) is 33.5 Å².